The SMILES string of the molecule is CCCCN(CCCC)C(=S)NC(=O)c1ccc([N+](=O)[O-])c(C)c1. The average Bonchev–Trinajstić information content (AvgIpc) is 2.54. The molecule has 0 unspecified atom stereocenters. The fraction of sp³-hybridized carbons (Fsp3) is 0.529. The molecule has 0 aliphatic heterocycles. The Kier molecular flexibility index (Phi) is 8.32. The van der Waals surface area contributed by atoms with E-state index in [1.165, 1.54) is 18.2 Å². The number of rotatable bonds is 8. The Hall–Kier alpha value is -2.02. The number of nitrogens with one attached hydrogen (secondary N) is 1. The number of carbonyl (C=O) groups is 1. The van der Waals surface area contributed by atoms with Gasteiger partial charge in [0, 0.05) is 30.3 Å². The second-order valence-electron chi connectivity index (χ2n) is 5.71. The van der Waals surface area contributed by atoms with Gasteiger partial charge in [0.25, 0.3) is 11.6 Å². The standard InChI is InChI=1S/C17H25N3O3S/c1-4-6-10-19(11-7-5-2)17(24)18-16(21)14-8-9-15(20(22)23)13(3)12-14/h8-9,12H,4-7,10-11H2,1-3H3,(H,18,21,24). The van der Waals surface area contributed by atoms with Crippen LogP contribution in [0.2, 0.25) is 0 Å². The third kappa shape index (κ3) is 5.88. The average molecular weight is 351 g/mol. The molecule has 1 aromatic rings. The number of nitrogens with zero attached hydrogens (tertiary/aromatic N) is 2. The molecule has 1 aromatic carbocycles. The van der Waals surface area contributed by atoms with Crippen LogP contribution in [0.4, 0.5) is 5.69 Å². The summed E-state index contributed by atoms with van der Waals surface area (Å²) in [5.41, 5.74) is 0.820. The van der Waals surface area contributed by atoms with E-state index < -0.39 is 4.92 Å². The van der Waals surface area contributed by atoms with Crippen molar-refractivity contribution in [3.05, 3.63) is 39.4 Å². The summed E-state index contributed by atoms with van der Waals surface area (Å²) >= 11 is 5.36. The van der Waals surface area contributed by atoms with Gasteiger partial charge in [-0.1, -0.05) is 26.7 Å². The maximum atomic E-state index is 12.3. The molecule has 0 saturated heterocycles. The van der Waals surface area contributed by atoms with Crippen LogP contribution >= 0.6 is 12.2 Å². The molecule has 1 N–H and O–H groups in total. The molecule has 0 fully saturated rings. The lowest BCUT2D eigenvalue weighted by Crippen LogP contribution is -2.43. The topological polar surface area (TPSA) is 75.5 Å². The summed E-state index contributed by atoms with van der Waals surface area (Å²) in [7, 11) is 0. The summed E-state index contributed by atoms with van der Waals surface area (Å²) < 4.78 is 0. The molecule has 0 heterocycles. The first-order valence-electron chi connectivity index (χ1n) is 8.26. The van der Waals surface area contributed by atoms with E-state index in [-0.39, 0.29) is 11.6 Å². The molecule has 0 radical (unpaired) electrons. The molecular weight excluding hydrogens is 326 g/mol. The Balaban J connectivity index is 2.78. The summed E-state index contributed by atoms with van der Waals surface area (Å²) in [6.07, 6.45) is 4.13. The number of benzene rings is 1. The molecule has 0 aliphatic rings. The van der Waals surface area contributed by atoms with Crippen molar-refractivity contribution in [2.24, 2.45) is 0 Å². The van der Waals surface area contributed by atoms with Gasteiger partial charge in [-0.2, -0.15) is 0 Å². The van der Waals surface area contributed by atoms with E-state index in [9.17, 15) is 14.9 Å². The molecule has 7 heteroatoms. The zero-order valence-corrected chi connectivity index (χ0v) is 15.3. The van der Waals surface area contributed by atoms with Gasteiger partial charge in [0.15, 0.2) is 5.11 Å². The normalized spacial score (nSPS) is 10.3. The van der Waals surface area contributed by atoms with E-state index in [0.717, 1.165) is 38.8 Å². The van der Waals surface area contributed by atoms with Gasteiger partial charge < -0.3 is 4.90 Å². The highest BCUT2D eigenvalue weighted by Crippen LogP contribution is 2.18. The number of nitro benzene ring substituents is 1. The summed E-state index contributed by atoms with van der Waals surface area (Å²) in [4.78, 5) is 24.7. The third-order valence-electron chi connectivity index (χ3n) is 3.73. The van der Waals surface area contributed by atoms with Gasteiger partial charge >= 0.3 is 0 Å². The Morgan fingerprint density at radius 2 is 1.83 bits per heavy atom. The van der Waals surface area contributed by atoms with Gasteiger partial charge in [-0.15, -0.1) is 0 Å². The van der Waals surface area contributed by atoms with E-state index in [1.807, 2.05) is 4.90 Å². The van der Waals surface area contributed by atoms with Crippen molar-refractivity contribution in [2.75, 3.05) is 13.1 Å². The lowest BCUT2D eigenvalue weighted by atomic mass is 10.1. The molecular formula is C17H25N3O3S. The molecule has 0 aliphatic carbocycles. The molecule has 1 rings (SSSR count). The number of hydrogen-bond donors (Lipinski definition) is 1. The van der Waals surface area contributed by atoms with E-state index >= 15 is 0 Å². The summed E-state index contributed by atoms with van der Waals surface area (Å²) in [6.45, 7) is 7.46. The maximum Gasteiger partial charge on any atom is 0.272 e. The summed E-state index contributed by atoms with van der Waals surface area (Å²) in [5, 5.41) is 14.0. The number of hydrogen-bond acceptors (Lipinski definition) is 4. The van der Waals surface area contributed by atoms with Crippen LogP contribution in [0.15, 0.2) is 18.2 Å². The van der Waals surface area contributed by atoms with Crippen molar-refractivity contribution < 1.29 is 9.72 Å². The van der Waals surface area contributed by atoms with Gasteiger partial charge in [0.05, 0.1) is 4.92 Å². The number of thiocarbonyl (C=S) groups is 1. The highest BCUT2D eigenvalue weighted by Gasteiger charge is 2.16. The van der Waals surface area contributed by atoms with Gasteiger partial charge in [-0.25, -0.2) is 0 Å². The molecule has 24 heavy (non-hydrogen) atoms. The van der Waals surface area contributed by atoms with Crippen molar-refractivity contribution in [3.8, 4) is 0 Å². The minimum atomic E-state index is -0.459. The molecule has 0 bridgehead atoms. The molecule has 0 spiro atoms. The summed E-state index contributed by atoms with van der Waals surface area (Å²) in [5.74, 6) is -0.337. The van der Waals surface area contributed by atoms with Crippen molar-refractivity contribution in [3.63, 3.8) is 0 Å². The molecule has 1 amide bonds. The van der Waals surface area contributed by atoms with Crippen molar-refractivity contribution in [1.82, 2.24) is 10.2 Å². The molecule has 0 atom stereocenters. The lowest BCUT2D eigenvalue weighted by Gasteiger charge is -2.25. The highest BCUT2D eigenvalue weighted by atomic mass is 32.1. The van der Waals surface area contributed by atoms with Crippen LogP contribution in [0.3, 0.4) is 0 Å². The minimum Gasteiger partial charge on any atom is -0.349 e. The van der Waals surface area contributed by atoms with Gasteiger partial charge in [-0.05, 0) is 44.1 Å². The van der Waals surface area contributed by atoms with Crippen LogP contribution in [-0.4, -0.2) is 33.9 Å². The van der Waals surface area contributed by atoms with Crippen molar-refractivity contribution >= 4 is 28.9 Å². The van der Waals surface area contributed by atoms with E-state index in [2.05, 4.69) is 19.2 Å². The molecule has 0 aromatic heterocycles. The minimum absolute atomic E-state index is 0.00152. The number of amides is 1. The van der Waals surface area contributed by atoms with Crippen LogP contribution in [0.25, 0.3) is 0 Å². The first kappa shape index (κ1) is 20.0. The van der Waals surface area contributed by atoms with Crippen molar-refractivity contribution in [1.29, 1.82) is 0 Å². The van der Waals surface area contributed by atoms with E-state index in [1.54, 1.807) is 6.92 Å². The Bertz CT molecular complexity index is 597. The molecule has 6 nitrogen and oxygen atoms in total. The first-order valence-corrected chi connectivity index (χ1v) is 8.66. The lowest BCUT2D eigenvalue weighted by molar-refractivity contribution is -0.385. The third-order valence-corrected chi connectivity index (χ3v) is 4.09. The number of aryl methyl sites for hydroxylation is 1. The highest BCUT2D eigenvalue weighted by molar-refractivity contribution is 7.80. The largest absolute Gasteiger partial charge is 0.349 e. The van der Waals surface area contributed by atoms with Crippen LogP contribution in [0.1, 0.15) is 55.5 Å². The monoisotopic (exact) mass is 351 g/mol. The maximum absolute atomic E-state index is 12.3. The van der Waals surface area contributed by atoms with E-state index in [0.29, 0.717) is 16.2 Å². The number of carbonyl (C=O) groups excluding carboxylic acids is 1. The Morgan fingerprint density at radius 1 is 1.25 bits per heavy atom. The van der Waals surface area contributed by atoms with Crippen molar-refractivity contribution in [2.45, 2.75) is 46.5 Å². The molecule has 132 valence electrons. The smallest absolute Gasteiger partial charge is 0.272 e. The molecule has 0 saturated carbocycles. The van der Waals surface area contributed by atoms with Crippen LogP contribution in [-0.2, 0) is 0 Å². The quantitative estimate of drug-likeness (QED) is 0.438. The Morgan fingerprint density at radius 3 is 2.29 bits per heavy atom. The number of unbranched alkanes of at least 4 members (excludes halogenated alkanes) is 2. The predicted octanol–water partition coefficient (Wildman–Crippen LogP) is 3.82. The fourth-order valence-electron chi connectivity index (χ4n) is 2.26. The first-order chi connectivity index (χ1) is 11.4. The van der Waals surface area contributed by atoms with E-state index in [4.69, 9.17) is 12.2 Å². The zero-order valence-electron chi connectivity index (χ0n) is 14.5. The Labute approximate surface area is 148 Å². The summed E-state index contributed by atoms with van der Waals surface area (Å²) in [6, 6.07) is 4.31. The van der Waals surface area contributed by atoms with Gasteiger partial charge in [-0.3, -0.25) is 20.2 Å². The van der Waals surface area contributed by atoms with Gasteiger partial charge in [0.2, 0.25) is 0 Å². The zero-order chi connectivity index (χ0) is 18.1. The van der Waals surface area contributed by atoms with Gasteiger partial charge in [0.1, 0.15) is 0 Å². The van der Waals surface area contributed by atoms with Crippen LogP contribution in [0.5, 0.6) is 0 Å². The van der Waals surface area contributed by atoms with Crippen LogP contribution < -0.4 is 5.32 Å². The number of nitro groups is 1. The van der Waals surface area contributed by atoms with Crippen LogP contribution in [0, 0.1) is 17.0 Å². The fourth-order valence-corrected chi connectivity index (χ4v) is 2.54. The second-order valence-corrected chi connectivity index (χ2v) is 6.10. The predicted molar refractivity (Wildman–Crippen MR) is 99.3 cm³/mol. The second kappa shape index (κ2) is 9.97.